The second-order valence-electron chi connectivity index (χ2n) is 9.60. The van der Waals surface area contributed by atoms with Gasteiger partial charge in [0.05, 0.1) is 0 Å². The normalized spacial score (nSPS) is 39.0. The van der Waals surface area contributed by atoms with E-state index in [4.69, 9.17) is 0 Å². The van der Waals surface area contributed by atoms with Gasteiger partial charge in [-0.15, -0.1) is 0 Å². The number of aromatic nitrogens is 2. The molecule has 0 amide bonds. The van der Waals surface area contributed by atoms with Crippen LogP contribution in [0.1, 0.15) is 50.2 Å². The van der Waals surface area contributed by atoms with Crippen LogP contribution in [-0.2, 0) is 6.32 Å². The number of H-pyrrole nitrogens is 1. The maximum Gasteiger partial charge on any atom is 0.321 e. The van der Waals surface area contributed by atoms with Gasteiger partial charge in [0.15, 0.2) is 0 Å². The number of hydrogen-bond acceptors (Lipinski definition) is 2. The number of nitrogens with zero attached hydrogens (tertiary/aromatic N) is 1. The lowest BCUT2D eigenvalue weighted by molar-refractivity contribution is -0.0666. The number of rotatable bonds is 1. The summed E-state index contributed by atoms with van der Waals surface area (Å²) >= 11 is 0. The van der Waals surface area contributed by atoms with Gasteiger partial charge in [-0.25, -0.2) is 4.98 Å². The zero-order valence-corrected chi connectivity index (χ0v) is 14.8. The van der Waals surface area contributed by atoms with Crippen LogP contribution in [0.5, 0.6) is 0 Å². The van der Waals surface area contributed by atoms with Crippen LogP contribution in [0, 0.1) is 29.1 Å². The van der Waals surface area contributed by atoms with Crippen LogP contribution in [0.3, 0.4) is 0 Å². The van der Waals surface area contributed by atoms with E-state index in [1.165, 1.54) is 54.2 Å². The Kier molecular flexibility index (Phi) is 2.80. The first-order valence-electron chi connectivity index (χ1n) is 9.95. The highest BCUT2D eigenvalue weighted by molar-refractivity contribution is 6.58. The Morgan fingerprint density at radius 3 is 2.80 bits per heavy atom. The Balaban J connectivity index is 1.52. The van der Waals surface area contributed by atoms with Crippen molar-refractivity contribution in [3.05, 3.63) is 35.6 Å². The van der Waals surface area contributed by atoms with Crippen molar-refractivity contribution < 1.29 is 5.02 Å². The zero-order chi connectivity index (χ0) is 16.8. The van der Waals surface area contributed by atoms with Gasteiger partial charge in [0, 0.05) is 17.8 Å². The fourth-order valence-electron chi connectivity index (χ4n) is 7.34. The molecule has 2 aromatic rings. The SMILES string of the molecule is CC12CC3C[C@H](C1)C(C1=CB(O)Cc4cnc5[nH]ccc5c41)[C@H](C3)C2. The van der Waals surface area contributed by atoms with E-state index >= 15 is 0 Å². The Labute approximate surface area is 149 Å². The molecule has 0 unspecified atom stereocenters. The molecule has 2 N–H and O–H groups in total. The van der Waals surface area contributed by atoms with Crippen molar-refractivity contribution in [2.24, 2.45) is 29.1 Å². The molecule has 2 aromatic heterocycles. The molecule has 4 saturated carbocycles. The standard InChI is InChI=1S/C21H25BN2O/c1-21-6-12-4-13(7-21)18(14(5-12)8-21)17-10-22(25)9-15-11-24-20-16(19(15)17)2-3-23-20/h2-3,10-14,18,25H,4-9H2,1H3,(H,23,24)/t12?,13-,14-,18?,21?/m1/s1. The van der Waals surface area contributed by atoms with Crippen molar-refractivity contribution in [2.75, 3.05) is 0 Å². The van der Waals surface area contributed by atoms with Gasteiger partial charge in [0.1, 0.15) is 5.65 Å². The summed E-state index contributed by atoms with van der Waals surface area (Å²) in [6.07, 6.45) is 11.7. The summed E-state index contributed by atoms with van der Waals surface area (Å²) < 4.78 is 0. The first-order chi connectivity index (χ1) is 12.1. The van der Waals surface area contributed by atoms with Gasteiger partial charge in [-0.2, -0.15) is 0 Å². The maximum atomic E-state index is 10.5. The van der Waals surface area contributed by atoms with Crippen molar-refractivity contribution in [3.63, 3.8) is 0 Å². The number of nitrogens with one attached hydrogen (secondary N) is 1. The summed E-state index contributed by atoms with van der Waals surface area (Å²) in [5, 5.41) is 11.8. The van der Waals surface area contributed by atoms with E-state index in [-0.39, 0.29) is 6.92 Å². The molecule has 5 aliphatic rings. The van der Waals surface area contributed by atoms with Crippen LogP contribution < -0.4 is 0 Å². The fraction of sp³-hybridized carbons (Fsp3) is 0.571. The fourth-order valence-corrected chi connectivity index (χ4v) is 7.34. The minimum Gasteiger partial charge on any atom is -0.446 e. The summed E-state index contributed by atoms with van der Waals surface area (Å²) in [6.45, 7) is 2.18. The van der Waals surface area contributed by atoms with Crippen LogP contribution in [0.4, 0.5) is 0 Å². The second kappa shape index (κ2) is 4.79. The summed E-state index contributed by atoms with van der Waals surface area (Å²) in [5.74, 6) is 5.41. The Bertz CT molecular complexity index is 884. The molecule has 0 aromatic carbocycles. The summed E-state index contributed by atoms with van der Waals surface area (Å²) in [7, 11) is 0. The largest absolute Gasteiger partial charge is 0.446 e. The molecule has 4 fully saturated rings. The average molecular weight is 332 g/mol. The van der Waals surface area contributed by atoms with E-state index in [0.717, 1.165) is 23.4 Å². The number of allylic oxidation sites excluding steroid dienone is 1. The Morgan fingerprint density at radius 1 is 1.24 bits per heavy atom. The Morgan fingerprint density at radius 2 is 2.04 bits per heavy atom. The van der Waals surface area contributed by atoms with Crippen molar-refractivity contribution in [1.29, 1.82) is 0 Å². The lowest BCUT2D eigenvalue weighted by Crippen LogP contribution is -2.50. The first kappa shape index (κ1) is 14.6. The number of pyridine rings is 1. The molecule has 2 atom stereocenters. The lowest BCUT2D eigenvalue weighted by atomic mass is 9.44. The van der Waals surface area contributed by atoms with Crippen LogP contribution in [0.2, 0.25) is 0 Å². The number of hydrogen-bond donors (Lipinski definition) is 2. The molecule has 4 bridgehead atoms. The monoisotopic (exact) mass is 332 g/mol. The van der Waals surface area contributed by atoms with Gasteiger partial charge in [0.25, 0.3) is 0 Å². The van der Waals surface area contributed by atoms with Crippen LogP contribution >= 0.6 is 0 Å². The van der Waals surface area contributed by atoms with Crippen molar-refractivity contribution >= 4 is 23.5 Å². The maximum absolute atomic E-state index is 10.5. The predicted molar refractivity (Wildman–Crippen MR) is 101 cm³/mol. The molecule has 1 aliphatic heterocycles. The number of aromatic amines is 1. The highest BCUT2D eigenvalue weighted by Crippen LogP contribution is 2.64. The molecule has 3 nitrogen and oxygen atoms in total. The molecule has 0 radical (unpaired) electrons. The van der Waals surface area contributed by atoms with Crippen LogP contribution in [0.25, 0.3) is 16.6 Å². The molecular formula is C21H25BN2O. The zero-order valence-electron chi connectivity index (χ0n) is 14.8. The van der Waals surface area contributed by atoms with E-state index in [9.17, 15) is 5.02 Å². The summed E-state index contributed by atoms with van der Waals surface area (Å²) in [4.78, 5) is 7.85. The van der Waals surface area contributed by atoms with E-state index in [1.54, 1.807) is 0 Å². The average Bonchev–Trinajstić information content (AvgIpc) is 3.00. The van der Waals surface area contributed by atoms with Gasteiger partial charge in [-0.3, -0.25) is 0 Å². The highest BCUT2D eigenvalue weighted by atomic mass is 16.2. The van der Waals surface area contributed by atoms with Crippen molar-refractivity contribution in [1.82, 2.24) is 9.97 Å². The molecule has 0 saturated heterocycles. The molecule has 3 heterocycles. The molecule has 128 valence electrons. The summed E-state index contributed by atoms with van der Waals surface area (Å²) in [5.41, 5.74) is 5.64. The minimum atomic E-state index is -0.353. The predicted octanol–water partition coefficient (Wildman–Crippen LogP) is 4.03. The highest BCUT2D eigenvalue weighted by Gasteiger charge is 2.54. The van der Waals surface area contributed by atoms with Gasteiger partial charge in [-0.05, 0) is 90.3 Å². The minimum absolute atomic E-state index is 0.353. The van der Waals surface area contributed by atoms with Crippen LogP contribution in [-0.4, -0.2) is 21.9 Å². The molecular weight excluding hydrogens is 307 g/mol. The van der Waals surface area contributed by atoms with E-state index in [1.807, 2.05) is 12.4 Å². The van der Waals surface area contributed by atoms with Crippen LogP contribution in [0.15, 0.2) is 24.4 Å². The van der Waals surface area contributed by atoms with Gasteiger partial charge in [-0.1, -0.05) is 12.9 Å². The van der Waals surface area contributed by atoms with E-state index in [0.29, 0.717) is 17.7 Å². The third-order valence-electron chi connectivity index (χ3n) is 7.69. The molecule has 0 spiro atoms. The van der Waals surface area contributed by atoms with E-state index in [2.05, 4.69) is 28.9 Å². The van der Waals surface area contributed by atoms with Crippen molar-refractivity contribution in [2.45, 2.75) is 45.3 Å². The lowest BCUT2D eigenvalue weighted by Gasteiger charge is -2.60. The van der Waals surface area contributed by atoms with Gasteiger partial charge >= 0.3 is 6.92 Å². The van der Waals surface area contributed by atoms with Gasteiger partial charge < -0.3 is 10.0 Å². The third kappa shape index (κ3) is 2.00. The Hall–Kier alpha value is -1.55. The topological polar surface area (TPSA) is 48.9 Å². The molecule has 4 heteroatoms. The molecule has 25 heavy (non-hydrogen) atoms. The van der Waals surface area contributed by atoms with E-state index < -0.39 is 0 Å². The van der Waals surface area contributed by atoms with Crippen molar-refractivity contribution in [3.8, 4) is 0 Å². The second-order valence-corrected chi connectivity index (χ2v) is 9.60. The smallest absolute Gasteiger partial charge is 0.321 e. The van der Waals surface area contributed by atoms with Gasteiger partial charge in [0.2, 0.25) is 0 Å². The molecule has 4 aliphatic carbocycles. The first-order valence-corrected chi connectivity index (χ1v) is 9.95. The molecule has 7 rings (SSSR count). The third-order valence-corrected chi connectivity index (χ3v) is 7.69. The summed E-state index contributed by atoms with van der Waals surface area (Å²) in [6, 6.07) is 2.17. The number of fused-ring (bicyclic) bond motifs is 3. The quantitative estimate of drug-likeness (QED) is 0.775.